The van der Waals surface area contributed by atoms with Gasteiger partial charge in [0.25, 0.3) is 0 Å². The van der Waals surface area contributed by atoms with Gasteiger partial charge in [0.2, 0.25) is 0 Å². The van der Waals surface area contributed by atoms with Crippen molar-refractivity contribution >= 4 is 39.0 Å². The number of halogens is 2. The molecule has 4 aromatic rings. The zero-order valence-electron chi connectivity index (χ0n) is 17.6. The molecule has 0 unspecified atom stereocenters. The van der Waals surface area contributed by atoms with Crippen LogP contribution in [0, 0.1) is 6.92 Å². The molecule has 0 bridgehead atoms. The molecule has 1 N–H and O–H groups in total. The average Bonchev–Trinajstić information content (AvgIpc) is 3.18. The molecule has 0 fully saturated rings. The summed E-state index contributed by atoms with van der Waals surface area (Å²) in [4.78, 5) is 11.9. The second-order valence-electron chi connectivity index (χ2n) is 7.53. The van der Waals surface area contributed by atoms with Crippen LogP contribution in [-0.2, 0) is 9.84 Å². The van der Waals surface area contributed by atoms with E-state index in [9.17, 15) is 18.3 Å². The second kappa shape index (κ2) is 8.67. The van der Waals surface area contributed by atoms with Crippen LogP contribution >= 0.6 is 23.2 Å². The van der Waals surface area contributed by atoms with Gasteiger partial charge in [-0.15, -0.1) is 0 Å². The SMILES string of the molecule is Cc1cc(-c2cccc(S(C)(=O)=O)c2)ccc1-c1cc(C(=O)O)nn1-c1c(Cl)cccc1Cl. The van der Waals surface area contributed by atoms with E-state index in [2.05, 4.69) is 5.10 Å². The second-order valence-corrected chi connectivity index (χ2v) is 10.4. The molecule has 1 aromatic heterocycles. The molecule has 0 aliphatic carbocycles. The first kappa shape index (κ1) is 23.0. The first-order valence-electron chi connectivity index (χ1n) is 9.75. The first-order chi connectivity index (χ1) is 15.6. The zero-order valence-corrected chi connectivity index (χ0v) is 19.9. The van der Waals surface area contributed by atoms with E-state index in [1.54, 1.807) is 36.4 Å². The van der Waals surface area contributed by atoms with Gasteiger partial charge in [0.05, 0.1) is 20.6 Å². The van der Waals surface area contributed by atoms with Crippen LogP contribution in [0.25, 0.3) is 28.1 Å². The summed E-state index contributed by atoms with van der Waals surface area (Å²) >= 11 is 12.7. The lowest BCUT2D eigenvalue weighted by Gasteiger charge is -2.14. The van der Waals surface area contributed by atoms with Crippen LogP contribution in [0.5, 0.6) is 0 Å². The minimum absolute atomic E-state index is 0.148. The van der Waals surface area contributed by atoms with Crippen molar-refractivity contribution in [2.45, 2.75) is 11.8 Å². The summed E-state index contributed by atoms with van der Waals surface area (Å²) in [6.07, 6.45) is 1.17. The van der Waals surface area contributed by atoms with E-state index in [0.29, 0.717) is 21.4 Å². The smallest absolute Gasteiger partial charge is 0.356 e. The maximum absolute atomic E-state index is 11.9. The summed E-state index contributed by atoms with van der Waals surface area (Å²) in [6, 6.07) is 18.8. The number of aromatic carboxylic acids is 1. The molecular formula is C24H18Cl2N2O4S. The molecule has 6 nitrogen and oxygen atoms in total. The summed E-state index contributed by atoms with van der Waals surface area (Å²) < 4.78 is 25.3. The van der Waals surface area contributed by atoms with Gasteiger partial charge in [-0.3, -0.25) is 0 Å². The Balaban J connectivity index is 1.87. The Kier molecular flexibility index (Phi) is 6.05. The number of sulfone groups is 1. The molecule has 168 valence electrons. The number of carboxylic acid groups (broad SMARTS) is 1. The van der Waals surface area contributed by atoms with E-state index in [4.69, 9.17) is 23.2 Å². The monoisotopic (exact) mass is 500 g/mol. The Morgan fingerprint density at radius 1 is 0.939 bits per heavy atom. The predicted octanol–water partition coefficient (Wildman–Crippen LogP) is 5.92. The van der Waals surface area contributed by atoms with Crippen LogP contribution < -0.4 is 0 Å². The van der Waals surface area contributed by atoms with E-state index in [-0.39, 0.29) is 10.6 Å². The van der Waals surface area contributed by atoms with Gasteiger partial charge in [0.15, 0.2) is 15.5 Å². The maximum atomic E-state index is 11.9. The quantitative estimate of drug-likeness (QED) is 0.367. The number of nitrogens with zero attached hydrogens (tertiary/aromatic N) is 2. The number of carbonyl (C=O) groups is 1. The Morgan fingerprint density at radius 3 is 2.18 bits per heavy atom. The fraction of sp³-hybridized carbons (Fsp3) is 0.0833. The van der Waals surface area contributed by atoms with Crippen LogP contribution in [0.2, 0.25) is 10.0 Å². The van der Waals surface area contributed by atoms with Crippen molar-refractivity contribution in [1.29, 1.82) is 0 Å². The van der Waals surface area contributed by atoms with Gasteiger partial charge in [0.1, 0.15) is 5.69 Å². The van der Waals surface area contributed by atoms with Crippen LogP contribution in [-0.4, -0.2) is 35.5 Å². The van der Waals surface area contributed by atoms with Crippen LogP contribution in [0.4, 0.5) is 0 Å². The molecule has 0 spiro atoms. The molecule has 0 amide bonds. The third-order valence-electron chi connectivity index (χ3n) is 5.18. The number of hydrogen-bond donors (Lipinski definition) is 1. The fourth-order valence-electron chi connectivity index (χ4n) is 3.58. The van der Waals surface area contributed by atoms with Crippen LogP contribution in [0.15, 0.2) is 71.6 Å². The number of para-hydroxylation sites is 1. The molecule has 0 radical (unpaired) electrons. The van der Waals surface area contributed by atoms with E-state index >= 15 is 0 Å². The third-order valence-corrected chi connectivity index (χ3v) is 6.90. The first-order valence-corrected chi connectivity index (χ1v) is 12.4. The molecular weight excluding hydrogens is 483 g/mol. The average molecular weight is 501 g/mol. The van der Waals surface area contributed by atoms with E-state index in [1.165, 1.54) is 17.0 Å². The Bertz CT molecular complexity index is 1490. The van der Waals surface area contributed by atoms with Crippen molar-refractivity contribution in [3.05, 3.63) is 88.0 Å². The highest BCUT2D eigenvalue weighted by molar-refractivity contribution is 7.90. The summed E-state index contributed by atoms with van der Waals surface area (Å²) in [7, 11) is -3.34. The lowest BCUT2D eigenvalue weighted by atomic mass is 9.98. The van der Waals surface area contributed by atoms with Crippen LogP contribution in [0.1, 0.15) is 16.1 Å². The van der Waals surface area contributed by atoms with Crippen molar-refractivity contribution in [3.8, 4) is 28.1 Å². The highest BCUT2D eigenvalue weighted by Crippen LogP contribution is 2.35. The molecule has 33 heavy (non-hydrogen) atoms. The minimum Gasteiger partial charge on any atom is -0.476 e. The molecule has 0 saturated carbocycles. The predicted molar refractivity (Wildman–Crippen MR) is 129 cm³/mol. The lowest BCUT2D eigenvalue weighted by Crippen LogP contribution is -2.04. The summed E-state index contributed by atoms with van der Waals surface area (Å²) in [5.41, 5.74) is 3.88. The topological polar surface area (TPSA) is 89.3 Å². The number of carboxylic acids is 1. The lowest BCUT2D eigenvalue weighted by molar-refractivity contribution is 0.0690. The molecule has 9 heteroatoms. The normalized spacial score (nSPS) is 11.5. The molecule has 0 atom stereocenters. The van der Waals surface area contributed by atoms with Gasteiger partial charge in [-0.1, -0.05) is 59.6 Å². The van der Waals surface area contributed by atoms with Crippen molar-refractivity contribution in [3.63, 3.8) is 0 Å². The van der Waals surface area contributed by atoms with Gasteiger partial charge >= 0.3 is 5.97 Å². The summed E-state index contributed by atoms with van der Waals surface area (Å²) in [6.45, 7) is 1.88. The van der Waals surface area contributed by atoms with Crippen molar-refractivity contribution < 1.29 is 18.3 Å². The number of hydrogen-bond acceptors (Lipinski definition) is 4. The highest BCUT2D eigenvalue weighted by atomic mass is 35.5. The van der Waals surface area contributed by atoms with E-state index in [1.807, 2.05) is 31.2 Å². The number of aryl methyl sites for hydroxylation is 1. The molecule has 4 rings (SSSR count). The summed E-state index contributed by atoms with van der Waals surface area (Å²) in [5, 5.41) is 14.4. The Morgan fingerprint density at radius 2 is 1.58 bits per heavy atom. The minimum atomic E-state index is -3.34. The van der Waals surface area contributed by atoms with Gasteiger partial charge in [-0.05, 0) is 53.9 Å². The zero-order chi connectivity index (χ0) is 23.9. The molecule has 0 saturated heterocycles. The highest BCUT2D eigenvalue weighted by Gasteiger charge is 2.21. The van der Waals surface area contributed by atoms with Crippen LogP contribution in [0.3, 0.4) is 0 Å². The maximum Gasteiger partial charge on any atom is 0.356 e. The largest absolute Gasteiger partial charge is 0.476 e. The number of aromatic nitrogens is 2. The van der Waals surface area contributed by atoms with Crippen molar-refractivity contribution in [2.75, 3.05) is 6.26 Å². The molecule has 1 heterocycles. The Labute approximate surface area is 200 Å². The fourth-order valence-corrected chi connectivity index (χ4v) is 4.80. The van der Waals surface area contributed by atoms with Gasteiger partial charge < -0.3 is 5.11 Å². The summed E-state index contributed by atoms with van der Waals surface area (Å²) in [5.74, 6) is -1.18. The van der Waals surface area contributed by atoms with Gasteiger partial charge in [-0.2, -0.15) is 5.10 Å². The van der Waals surface area contributed by atoms with Crippen molar-refractivity contribution in [1.82, 2.24) is 9.78 Å². The van der Waals surface area contributed by atoms with Crippen molar-refractivity contribution in [2.24, 2.45) is 0 Å². The third kappa shape index (κ3) is 4.53. The number of benzene rings is 3. The van der Waals surface area contributed by atoms with E-state index in [0.717, 1.165) is 22.3 Å². The molecule has 0 aliphatic heterocycles. The number of rotatable bonds is 5. The van der Waals surface area contributed by atoms with E-state index < -0.39 is 15.8 Å². The standard InChI is InChI=1S/C24H18Cl2N2O4S/c1-14-11-16(15-5-3-6-17(12-15)33(2,31)32)9-10-18(14)22-13-21(24(29)30)27-28(22)23-19(25)7-4-8-20(23)26/h3-13H,1-2H3,(H,29,30). The molecule has 0 aliphatic rings. The van der Waals surface area contributed by atoms with Gasteiger partial charge in [0, 0.05) is 11.8 Å². The molecule has 3 aromatic carbocycles. The van der Waals surface area contributed by atoms with Gasteiger partial charge in [-0.25, -0.2) is 17.9 Å². The Hall–Kier alpha value is -3.13.